The fourth-order valence-electron chi connectivity index (χ4n) is 0.627. The van der Waals surface area contributed by atoms with Gasteiger partial charge in [0.15, 0.2) is 0 Å². The molecule has 0 radical (unpaired) electrons. The lowest BCUT2D eigenvalue weighted by Crippen LogP contribution is -1.92. The van der Waals surface area contributed by atoms with Crippen LogP contribution in [0.2, 0.25) is 0 Å². The standard InChI is InChI=1S/2C7H10O2.2CO2/c2*1-3-4-5-6-7(8)9-2;2*2-1-3/h2*3-6H,1-2H3;;/b4-3+,6-5+;4-3-,6-5+;;. The second-order valence-corrected chi connectivity index (χ2v) is 2.98. The first kappa shape index (κ1) is 28.8. The summed E-state index contributed by atoms with van der Waals surface area (Å²) in [5, 5.41) is 0. The minimum absolute atomic E-state index is 0.250. The molecule has 0 aromatic carbocycles. The van der Waals surface area contributed by atoms with Gasteiger partial charge in [-0.05, 0) is 13.8 Å². The second-order valence-electron chi connectivity index (χ2n) is 2.98. The summed E-state index contributed by atoms with van der Waals surface area (Å²) in [5.41, 5.74) is 0. The summed E-state index contributed by atoms with van der Waals surface area (Å²) in [7, 11) is 2.70. The topological polar surface area (TPSA) is 121 Å². The van der Waals surface area contributed by atoms with Crippen molar-refractivity contribution in [3.8, 4) is 0 Å². The Bertz CT molecular complexity index is 440. The summed E-state index contributed by atoms with van der Waals surface area (Å²) < 4.78 is 8.67. The molecule has 8 heteroatoms. The Hall–Kier alpha value is -3.34. The molecule has 0 bridgehead atoms. The van der Waals surface area contributed by atoms with Crippen LogP contribution < -0.4 is 0 Å². The summed E-state index contributed by atoms with van der Waals surface area (Å²) in [6.07, 6.45) is 13.7. The van der Waals surface area contributed by atoms with Crippen LogP contribution in [0.5, 0.6) is 0 Å². The predicted octanol–water partition coefficient (Wildman–Crippen LogP) is 1.42. The van der Waals surface area contributed by atoms with E-state index in [-0.39, 0.29) is 24.2 Å². The van der Waals surface area contributed by atoms with E-state index in [4.69, 9.17) is 19.2 Å². The van der Waals surface area contributed by atoms with Crippen LogP contribution in [0.4, 0.5) is 0 Å². The Morgan fingerprint density at radius 1 is 0.667 bits per heavy atom. The lowest BCUT2D eigenvalue weighted by atomic mass is 10.4. The molecular formula is C16H20O8. The fraction of sp³-hybridized carbons (Fsp3) is 0.250. The van der Waals surface area contributed by atoms with Gasteiger partial charge in [-0.3, -0.25) is 0 Å². The molecule has 24 heavy (non-hydrogen) atoms. The van der Waals surface area contributed by atoms with E-state index >= 15 is 0 Å². The molecule has 0 unspecified atom stereocenters. The zero-order valence-corrected chi connectivity index (χ0v) is 13.9. The van der Waals surface area contributed by atoms with Gasteiger partial charge in [-0.25, -0.2) is 9.59 Å². The molecule has 0 saturated heterocycles. The zero-order chi connectivity index (χ0) is 19.6. The first-order chi connectivity index (χ1) is 11.4. The molecule has 0 aliphatic rings. The van der Waals surface area contributed by atoms with Crippen LogP contribution in [0.15, 0.2) is 48.6 Å². The summed E-state index contributed by atoms with van der Waals surface area (Å²) in [6.45, 7) is 3.75. The molecular weight excluding hydrogens is 320 g/mol. The van der Waals surface area contributed by atoms with E-state index in [1.807, 2.05) is 26.0 Å². The largest absolute Gasteiger partial charge is 0.466 e. The van der Waals surface area contributed by atoms with Crippen molar-refractivity contribution in [3.63, 3.8) is 0 Å². The fourth-order valence-corrected chi connectivity index (χ4v) is 0.627. The Kier molecular flexibility index (Phi) is 38.2. The Morgan fingerprint density at radius 3 is 1.08 bits per heavy atom. The van der Waals surface area contributed by atoms with E-state index < -0.39 is 0 Å². The third kappa shape index (κ3) is 51.2. The first-order valence-electron chi connectivity index (χ1n) is 6.18. The van der Waals surface area contributed by atoms with Gasteiger partial charge in [0.1, 0.15) is 0 Å². The van der Waals surface area contributed by atoms with Crippen LogP contribution in [-0.4, -0.2) is 38.5 Å². The molecule has 0 amide bonds. The maximum absolute atomic E-state index is 10.3. The van der Waals surface area contributed by atoms with Gasteiger partial charge in [0, 0.05) is 12.2 Å². The van der Waals surface area contributed by atoms with Gasteiger partial charge in [-0.1, -0.05) is 36.5 Å². The van der Waals surface area contributed by atoms with Gasteiger partial charge >= 0.3 is 24.2 Å². The third-order valence-corrected chi connectivity index (χ3v) is 1.47. The van der Waals surface area contributed by atoms with Crippen LogP contribution in [0, 0.1) is 0 Å². The molecule has 0 aliphatic carbocycles. The van der Waals surface area contributed by atoms with E-state index in [1.165, 1.54) is 26.4 Å². The van der Waals surface area contributed by atoms with Gasteiger partial charge in [0.05, 0.1) is 14.2 Å². The Morgan fingerprint density at radius 2 is 0.917 bits per heavy atom. The van der Waals surface area contributed by atoms with Crippen LogP contribution >= 0.6 is 0 Å². The number of carbonyl (C=O) groups excluding carboxylic acids is 6. The number of allylic oxidation sites excluding steroid dienone is 6. The molecule has 0 aromatic heterocycles. The molecule has 0 fully saturated rings. The second kappa shape index (κ2) is 31.9. The number of esters is 2. The molecule has 0 heterocycles. The van der Waals surface area contributed by atoms with Crippen molar-refractivity contribution in [1.29, 1.82) is 0 Å². The van der Waals surface area contributed by atoms with Crippen LogP contribution in [-0.2, 0) is 38.2 Å². The summed E-state index contributed by atoms with van der Waals surface area (Å²) >= 11 is 0. The van der Waals surface area contributed by atoms with E-state index in [0.29, 0.717) is 0 Å². The monoisotopic (exact) mass is 340 g/mol. The summed E-state index contributed by atoms with van der Waals surface area (Å²) in [6, 6.07) is 0. The van der Waals surface area contributed by atoms with E-state index in [2.05, 4.69) is 9.47 Å². The van der Waals surface area contributed by atoms with Crippen molar-refractivity contribution in [3.05, 3.63) is 48.6 Å². The van der Waals surface area contributed by atoms with Crippen molar-refractivity contribution in [1.82, 2.24) is 0 Å². The SMILES string of the molecule is C/C=C/C=C/C(=O)OC.C/C=C\C=C\C(=O)OC.O=C=O.O=C=O. The number of rotatable bonds is 4. The Labute approximate surface area is 140 Å². The maximum Gasteiger partial charge on any atom is 0.373 e. The van der Waals surface area contributed by atoms with Crippen molar-refractivity contribution in [2.24, 2.45) is 0 Å². The number of hydrogen-bond acceptors (Lipinski definition) is 8. The molecule has 8 nitrogen and oxygen atoms in total. The normalized spacial score (nSPS) is 8.83. The highest BCUT2D eigenvalue weighted by Crippen LogP contribution is 1.79. The minimum Gasteiger partial charge on any atom is -0.466 e. The van der Waals surface area contributed by atoms with Gasteiger partial charge in [-0.15, -0.1) is 0 Å². The molecule has 0 rings (SSSR count). The highest BCUT2D eigenvalue weighted by Gasteiger charge is 1.85. The number of hydrogen-bond donors (Lipinski definition) is 0. The number of ether oxygens (including phenoxy) is 2. The molecule has 0 atom stereocenters. The molecule has 0 aromatic rings. The summed E-state index contributed by atoms with van der Waals surface area (Å²) in [5.74, 6) is -0.652. The van der Waals surface area contributed by atoms with Crippen LogP contribution in [0.25, 0.3) is 0 Å². The van der Waals surface area contributed by atoms with E-state index in [0.717, 1.165) is 0 Å². The lowest BCUT2D eigenvalue weighted by molar-refractivity contribution is -0.193. The van der Waals surface area contributed by atoms with Crippen molar-refractivity contribution < 1.29 is 38.2 Å². The quantitative estimate of drug-likeness (QED) is 0.428. The van der Waals surface area contributed by atoms with Crippen molar-refractivity contribution in [2.45, 2.75) is 13.8 Å². The molecule has 0 saturated carbocycles. The third-order valence-electron chi connectivity index (χ3n) is 1.47. The number of methoxy groups -OCH3 is 2. The average Bonchev–Trinajstić information content (AvgIpc) is 2.57. The van der Waals surface area contributed by atoms with E-state index in [1.54, 1.807) is 24.3 Å². The summed E-state index contributed by atoms with van der Waals surface area (Å²) in [4.78, 5) is 53.2. The predicted molar refractivity (Wildman–Crippen MR) is 82.0 cm³/mol. The lowest BCUT2D eigenvalue weighted by Gasteiger charge is -1.85. The van der Waals surface area contributed by atoms with Crippen molar-refractivity contribution >= 4 is 24.2 Å². The maximum atomic E-state index is 10.3. The molecule has 0 spiro atoms. The number of carbonyl (C=O) groups is 2. The van der Waals surface area contributed by atoms with Gasteiger partial charge in [-0.2, -0.15) is 19.2 Å². The molecule has 132 valence electrons. The van der Waals surface area contributed by atoms with Crippen LogP contribution in [0.1, 0.15) is 13.8 Å². The molecule has 0 N–H and O–H groups in total. The smallest absolute Gasteiger partial charge is 0.373 e. The van der Waals surface area contributed by atoms with Gasteiger partial charge in [0.25, 0.3) is 0 Å². The van der Waals surface area contributed by atoms with Gasteiger partial charge < -0.3 is 9.47 Å². The highest BCUT2D eigenvalue weighted by molar-refractivity contribution is 5.82. The van der Waals surface area contributed by atoms with E-state index in [9.17, 15) is 9.59 Å². The zero-order valence-electron chi connectivity index (χ0n) is 13.9. The molecule has 0 aliphatic heterocycles. The van der Waals surface area contributed by atoms with Crippen molar-refractivity contribution in [2.75, 3.05) is 14.2 Å². The first-order valence-corrected chi connectivity index (χ1v) is 6.18. The highest BCUT2D eigenvalue weighted by atomic mass is 16.5. The van der Waals surface area contributed by atoms with Gasteiger partial charge in [0.2, 0.25) is 0 Å². The Balaban J connectivity index is -0.000000126. The van der Waals surface area contributed by atoms with Crippen LogP contribution in [0.3, 0.4) is 0 Å². The average molecular weight is 340 g/mol. The minimum atomic E-state index is -0.326.